The zero-order chi connectivity index (χ0) is 9.42. The summed E-state index contributed by atoms with van der Waals surface area (Å²) in [7, 11) is 0. The normalized spacial score (nSPS) is 10.9. The van der Waals surface area contributed by atoms with E-state index in [9.17, 15) is 0 Å². The number of fused-ring (bicyclic) bond motifs is 1. The number of aromatic nitrogens is 4. The van der Waals surface area contributed by atoms with Crippen LogP contribution in [-0.4, -0.2) is 25.8 Å². The topological polar surface area (TPSA) is 46.0 Å². The standard InChI is InChI=1S/C7H8N4S2/c1-4-3-5-9-10-6(12)11(5)7(8-4)13-2/h3H,1-2H3,(H,10,12). The van der Waals surface area contributed by atoms with E-state index < -0.39 is 0 Å². The minimum absolute atomic E-state index is 0.590. The van der Waals surface area contributed by atoms with Gasteiger partial charge in [-0.15, -0.1) is 0 Å². The Labute approximate surface area is 84.4 Å². The smallest absolute Gasteiger partial charge is 0.201 e. The van der Waals surface area contributed by atoms with Crippen molar-refractivity contribution in [3.63, 3.8) is 0 Å². The molecule has 6 heteroatoms. The van der Waals surface area contributed by atoms with Gasteiger partial charge in [-0.05, 0) is 25.4 Å². The first kappa shape index (κ1) is 8.71. The lowest BCUT2D eigenvalue weighted by atomic mass is 10.4. The fourth-order valence-corrected chi connectivity index (χ4v) is 2.03. The number of nitrogens with zero attached hydrogens (tertiary/aromatic N) is 3. The molecule has 0 aliphatic rings. The number of aromatic amines is 1. The van der Waals surface area contributed by atoms with Crippen LogP contribution in [0.25, 0.3) is 5.65 Å². The van der Waals surface area contributed by atoms with Gasteiger partial charge in [0.15, 0.2) is 10.8 Å². The van der Waals surface area contributed by atoms with Gasteiger partial charge in [0.05, 0.1) is 0 Å². The molecule has 0 spiro atoms. The minimum atomic E-state index is 0.590. The number of thioether (sulfide) groups is 1. The van der Waals surface area contributed by atoms with E-state index in [1.165, 1.54) is 0 Å². The minimum Gasteiger partial charge on any atom is -0.251 e. The van der Waals surface area contributed by atoms with Crippen LogP contribution in [0.5, 0.6) is 0 Å². The Kier molecular flexibility index (Phi) is 2.09. The summed E-state index contributed by atoms with van der Waals surface area (Å²) < 4.78 is 2.42. The van der Waals surface area contributed by atoms with Crippen molar-refractivity contribution in [2.24, 2.45) is 0 Å². The maximum atomic E-state index is 5.08. The molecule has 0 aliphatic heterocycles. The van der Waals surface area contributed by atoms with E-state index in [1.807, 2.05) is 23.6 Å². The lowest BCUT2D eigenvalue weighted by Gasteiger charge is -2.00. The molecule has 0 fully saturated rings. The predicted molar refractivity (Wildman–Crippen MR) is 54.7 cm³/mol. The monoisotopic (exact) mass is 212 g/mol. The van der Waals surface area contributed by atoms with Crippen LogP contribution in [0.4, 0.5) is 0 Å². The summed E-state index contributed by atoms with van der Waals surface area (Å²) in [6.45, 7) is 1.94. The fraction of sp³-hybridized carbons (Fsp3) is 0.286. The highest BCUT2D eigenvalue weighted by atomic mass is 32.2. The maximum absolute atomic E-state index is 5.08. The zero-order valence-electron chi connectivity index (χ0n) is 7.24. The van der Waals surface area contributed by atoms with Crippen LogP contribution in [0.3, 0.4) is 0 Å². The Morgan fingerprint density at radius 3 is 3.08 bits per heavy atom. The molecule has 2 aromatic rings. The third kappa shape index (κ3) is 1.36. The third-order valence-corrected chi connectivity index (χ3v) is 2.60. The lowest BCUT2D eigenvalue weighted by molar-refractivity contribution is 0.867. The summed E-state index contributed by atoms with van der Waals surface area (Å²) >= 11 is 6.63. The van der Waals surface area contributed by atoms with Crippen molar-refractivity contribution in [2.75, 3.05) is 6.26 Å². The molecule has 2 aromatic heterocycles. The highest BCUT2D eigenvalue weighted by molar-refractivity contribution is 7.98. The Hall–Kier alpha value is -0.880. The molecule has 0 unspecified atom stereocenters. The molecule has 0 aliphatic carbocycles. The summed E-state index contributed by atoms with van der Waals surface area (Å²) in [5.74, 6) is 0. The van der Waals surface area contributed by atoms with Crippen molar-refractivity contribution in [2.45, 2.75) is 12.1 Å². The maximum Gasteiger partial charge on any atom is 0.201 e. The van der Waals surface area contributed by atoms with Crippen molar-refractivity contribution < 1.29 is 0 Å². The van der Waals surface area contributed by atoms with E-state index in [1.54, 1.807) is 11.8 Å². The lowest BCUT2D eigenvalue weighted by Crippen LogP contribution is -1.95. The molecule has 2 heterocycles. The third-order valence-electron chi connectivity index (χ3n) is 1.68. The number of rotatable bonds is 1. The van der Waals surface area contributed by atoms with Gasteiger partial charge in [-0.25, -0.2) is 9.38 Å². The van der Waals surface area contributed by atoms with Crippen LogP contribution < -0.4 is 0 Å². The summed E-state index contributed by atoms with van der Waals surface area (Å²) in [6, 6.07) is 1.89. The molecule has 0 saturated heterocycles. The Bertz CT molecular complexity index is 499. The average molecular weight is 212 g/mol. The zero-order valence-corrected chi connectivity index (χ0v) is 8.87. The Balaban J connectivity index is 2.93. The number of hydrogen-bond acceptors (Lipinski definition) is 4. The van der Waals surface area contributed by atoms with Gasteiger partial charge in [-0.3, -0.25) is 5.10 Å². The van der Waals surface area contributed by atoms with Crippen LogP contribution in [0.1, 0.15) is 5.69 Å². The predicted octanol–water partition coefficient (Wildman–Crippen LogP) is 1.82. The summed E-state index contributed by atoms with van der Waals surface area (Å²) in [6.07, 6.45) is 1.97. The molecule has 1 N–H and O–H groups in total. The molecule has 2 rings (SSSR count). The van der Waals surface area contributed by atoms with Gasteiger partial charge in [0, 0.05) is 11.8 Å². The van der Waals surface area contributed by atoms with Crippen LogP contribution in [0.2, 0.25) is 0 Å². The second-order valence-corrected chi connectivity index (χ2v) is 3.77. The van der Waals surface area contributed by atoms with E-state index in [2.05, 4.69) is 15.2 Å². The fourth-order valence-electron chi connectivity index (χ4n) is 1.15. The highest BCUT2D eigenvalue weighted by Crippen LogP contribution is 2.14. The summed E-state index contributed by atoms with van der Waals surface area (Å²) in [4.78, 5) is 4.35. The number of hydrogen-bond donors (Lipinski definition) is 1. The quantitative estimate of drug-likeness (QED) is 0.445. The summed E-state index contributed by atoms with van der Waals surface area (Å²) in [5, 5.41) is 7.69. The number of aryl methyl sites for hydroxylation is 1. The van der Waals surface area contributed by atoms with Crippen LogP contribution in [0.15, 0.2) is 11.2 Å². The van der Waals surface area contributed by atoms with Gasteiger partial charge < -0.3 is 0 Å². The molecular formula is C7H8N4S2. The number of H-pyrrole nitrogens is 1. The molecule has 13 heavy (non-hydrogen) atoms. The van der Waals surface area contributed by atoms with Gasteiger partial charge in [-0.2, -0.15) is 5.10 Å². The molecule has 0 radical (unpaired) electrons. The van der Waals surface area contributed by atoms with E-state index >= 15 is 0 Å². The van der Waals surface area contributed by atoms with Gasteiger partial charge in [0.25, 0.3) is 0 Å². The van der Waals surface area contributed by atoms with E-state index in [0.717, 1.165) is 16.5 Å². The van der Waals surface area contributed by atoms with Crippen LogP contribution >= 0.6 is 24.0 Å². The van der Waals surface area contributed by atoms with Crippen molar-refractivity contribution >= 4 is 29.6 Å². The van der Waals surface area contributed by atoms with Gasteiger partial charge in [0.1, 0.15) is 0 Å². The van der Waals surface area contributed by atoms with Crippen molar-refractivity contribution in [3.05, 3.63) is 16.5 Å². The average Bonchev–Trinajstić information content (AvgIpc) is 2.46. The molecular weight excluding hydrogens is 204 g/mol. The van der Waals surface area contributed by atoms with Crippen molar-refractivity contribution in [1.29, 1.82) is 0 Å². The number of nitrogens with one attached hydrogen (secondary N) is 1. The second kappa shape index (κ2) is 3.12. The first-order valence-electron chi connectivity index (χ1n) is 3.71. The molecule has 0 amide bonds. The first-order chi connectivity index (χ1) is 6.22. The molecule has 0 atom stereocenters. The van der Waals surface area contributed by atoms with Crippen molar-refractivity contribution in [1.82, 2.24) is 19.6 Å². The molecule has 68 valence electrons. The van der Waals surface area contributed by atoms with E-state index in [0.29, 0.717) is 4.77 Å². The summed E-state index contributed by atoms with van der Waals surface area (Å²) in [5.41, 5.74) is 1.77. The highest BCUT2D eigenvalue weighted by Gasteiger charge is 2.04. The SMILES string of the molecule is CSc1nc(C)cc2n[nH]c(=S)n12. The van der Waals surface area contributed by atoms with E-state index in [-0.39, 0.29) is 0 Å². The van der Waals surface area contributed by atoms with Crippen LogP contribution in [0, 0.1) is 11.7 Å². The molecule has 0 saturated carbocycles. The van der Waals surface area contributed by atoms with Crippen molar-refractivity contribution in [3.8, 4) is 0 Å². The Morgan fingerprint density at radius 2 is 2.38 bits per heavy atom. The van der Waals surface area contributed by atoms with Crippen LogP contribution in [-0.2, 0) is 0 Å². The van der Waals surface area contributed by atoms with E-state index in [4.69, 9.17) is 12.2 Å². The van der Waals surface area contributed by atoms with Gasteiger partial charge in [-0.1, -0.05) is 11.8 Å². The Morgan fingerprint density at radius 1 is 1.62 bits per heavy atom. The van der Waals surface area contributed by atoms with Gasteiger partial charge >= 0.3 is 0 Å². The molecule has 4 nitrogen and oxygen atoms in total. The largest absolute Gasteiger partial charge is 0.251 e. The molecule has 0 bridgehead atoms. The second-order valence-electron chi connectivity index (χ2n) is 2.61. The van der Waals surface area contributed by atoms with Gasteiger partial charge in [0.2, 0.25) is 4.77 Å². The first-order valence-corrected chi connectivity index (χ1v) is 5.34. The molecule has 0 aromatic carbocycles.